The maximum atomic E-state index is 15.1. The molecule has 0 saturated heterocycles. The van der Waals surface area contributed by atoms with E-state index in [1.54, 1.807) is 24.0 Å². The first-order valence-electron chi connectivity index (χ1n) is 11.3. The Morgan fingerprint density at radius 2 is 1.71 bits per heavy atom. The minimum Gasteiger partial charge on any atom is -0.346 e. The highest BCUT2D eigenvalue weighted by atomic mass is 31.2. The molecule has 1 N–H and O–H groups in total. The average Bonchev–Trinajstić information content (AvgIpc) is 3.26. The van der Waals surface area contributed by atoms with Crippen molar-refractivity contribution in [3.63, 3.8) is 0 Å². The number of allylic oxidation sites excluding steroid dienone is 2. The summed E-state index contributed by atoms with van der Waals surface area (Å²) in [5.41, 5.74) is 4.54. The molecule has 2 aliphatic heterocycles. The molecule has 0 amide bonds. The number of hydrogen-bond acceptors (Lipinski definition) is 5. The third kappa shape index (κ3) is 3.53. The number of hydrazone groups is 1. The quantitative estimate of drug-likeness (QED) is 0.252. The molecule has 0 bridgehead atoms. The summed E-state index contributed by atoms with van der Waals surface area (Å²) in [7, 11) is -1.58. The summed E-state index contributed by atoms with van der Waals surface area (Å²) >= 11 is 0. The van der Waals surface area contributed by atoms with Gasteiger partial charge >= 0.3 is 7.44 Å². The van der Waals surface area contributed by atoms with Gasteiger partial charge < -0.3 is 9.99 Å². The van der Waals surface area contributed by atoms with E-state index in [9.17, 15) is 10.1 Å². The van der Waals surface area contributed by atoms with Gasteiger partial charge in [-0.15, -0.1) is 0 Å². The van der Waals surface area contributed by atoms with Crippen LogP contribution in [0.5, 0.6) is 0 Å². The third-order valence-corrected chi connectivity index (χ3v) is 9.06. The zero-order valence-electron chi connectivity index (χ0n) is 20.0. The number of nitrogens with zero attached hydrogens (tertiary/aromatic N) is 4. The fourth-order valence-corrected chi connectivity index (χ4v) is 7.55. The minimum absolute atomic E-state index is 0.0143. The molecule has 1 atom stereocenters. The van der Waals surface area contributed by atoms with Crippen molar-refractivity contribution in [2.24, 2.45) is 5.10 Å². The highest BCUT2D eigenvalue weighted by Crippen LogP contribution is 2.65. The molecular weight excluding hydrogens is 461 g/mol. The van der Waals surface area contributed by atoms with Crippen molar-refractivity contribution in [2.75, 3.05) is 21.8 Å². The Hall–Kier alpha value is -3.90. The molecule has 5 rings (SSSR count). The first kappa shape index (κ1) is 22.9. The van der Waals surface area contributed by atoms with Crippen LogP contribution in [0, 0.1) is 17.0 Å². The first-order chi connectivity index (χ1) is 16.6. The van der Waals surface area contributed by atoms with Gasteiger partial charge in [-0.05, 0) is 42.3 Å². The number of nitrogens with one attached hydrogen (secondary N) is 1. The Kier molecular flexibility index (Phi) is 5.29. The maximum Gasteiger partial charge on any atom is 0.313 e. The van der Waals surface area contributed by atoms with Crippen molar-refractivity contribution in [3.8, 4) is 0 Å². The molecule has 9 heteroatoms. The molecule has 0 fully saturated rings. The minimum atomic E-state index is -3.57. The van der Waals surface area contributed by atoms with Gasteiger partial charge in [0.2, 0.25) is 0 Å². The second-order valence-electron chi connectivity index (χ2n) is 9.25. The van der Waals surface area contributed by atoms with Crippen LogP contribution < -0.4 is 14.8 Å². The van der Waals surface area contributed by atoms with Gasteiger partial charge in [-0.3, -0.25) is 14.7 Å². The van der Waals surface area contributed by atoms with Gasteiger partial charge in [0.05, 0.1) is 22.1 Å². The zero-order valence-corrected chi connectivity index (χ0v) is 20.9. The van der Waals surface area contributed by atoms with Gasteiger partial charge in [0.25, 0.3) is 5.69 Å². The molecule has 8 nitrogen and oxygen atoms in total. The molecular formula is C26H26N5O3P. The Bertz CT molecular complexity index is 1450. The van der Waals surface area contributed by atoms with Crippen molar-refractivity contribution in [2.45, 2.75) is 26.2 Å². The van der Waals surface area contributed by atoms with E-state index in [0.717, 1.165) is 16.9 Å². The Morgan fingerprint density at radius 3 is 2.37 bits per heavy atom. The summed E-state index contributed by atoms with van der Waals surface area (Å²) in [4.78, 5) is 12.9. The van der Waals surface area contributed by atoms with E-state index in [2.05, 4.69) is 41.1 Å². The van der Waals surface area contributed by atoms with Crippen molar-refractivity contribution in [3.05, 3.63) is 105 Å². The molecule has 0 radical (unpaired) electrons. The number of para-hydroxylation sites is 2. The molecule has 0 unspecified atom stereocenters. The molecule has 35 heavy (non-hydrogen) atoms. The predicted molar refractivity (Wildman–Crippen MR) is 141 cm³/mol. The Balaban J connectivity index is 1.70. The second kappa shape index (κ2) is 8.10. The van der Waals surface area contributed by atoms with Crippen molar-refractivity contribution in [1.29, 1.82) is 0 Å². The summed E-state index contributed by atoms with van der Waals surface area (Å²) in [6.07, 6.45) is 1.68. The number of nitro benzene ring substituents is 1. The largest absolute Gasteiger partial charge is 0.346 e. The fourth-order valence-electron chi connectivity index (χ4n) is 4.97. The van der Waals surface area contributed by atoms with Crippen LogP contribution in [0.4, 0.5) is 22.7 Å². The van der Waals surface area contributed by atoms with Crippen molar-refractivity contribution < 1.29 is 9.49 Å². The maximum absolute atomic E-state index is 15.1. The number of hydrogen-bond donors (Lipinski definition) is 1. The van der Waals surface area contributed by atoms with Crippen LogP contribution in [0.2, 0.25) is 0 Å². The second-order valence-corrected chi connectivity index (χ2v) is 11.5. The fraction of sp³-hybridized carbons (Fsp3) is 0.192. The number of anilines is 3. The number of non-ortho nitro benzene ring substituents is 1. The number of nitro groups is 1. The summed E-state index contributed by atoms with van der Waals surface area (Å²) < 4.78 is 16.6. The van der Waals surface area contributed by atoms with Gasteiger partial charge in [0.1, 0.15) is 0 Å². The number of benzene rings is 3. The summed E-state index contributed by atoms with van der Waals surface area (Å²) in [6, 6.07) is 22.0. The van der Waals surface area contributed by atoms with Gasteiger partial charge in [0, 0.05) is 41.7 Å². The lowest BCUT2D eigenvalue weighted by Gasteiger charge is -2.31. The number of fused-ring (bicyclic) bond motifs is 1. The van der Waals surface area contributed by atoms with E-state index in [4.69, 9.17) is 0 Å². The predicted octanol–water partition coefficient (Wildman–Crippen LogP) is 6.65. The van der Waals surface area contributed by atoms with Crippen molar-refractivity contribution >= 4 is 36.4 Å². The van der Waals surface area contributed by atoms with Crippen LogP contribution in [0.1, 0.15) is 25.0 Å². The number of aryl methyl sites for hydroxylation is 1. The van der Waals surface area contributed by atoms with Crippen LogP contribution in [0.3, 0.4) is 0 Å². The van der Waals surface area contributed by atoms with E-state index in [1.165, 1.54) is 12.1 Å². The van der Waals surface area contributed by atoms with E-state index in [0.29, 0.717) is 22.3 Å². The number of likely N-dealkylation sites (N-methyl/N-ethyl adjacent to an activating group) is 1. The zero-order chi connectivity index (χ0) is 25.0. The van der Waals surface area contributed by atoms with Crippen LogP contribution in [-0.2, 0) is 9.98 Å². The summed E-state index contributed by atoms with van der Waals surface area (Å²) in [6.45, 7) is 6.01. The van der Waals surface area contributed by atoms with E-state index < -0.39 is 17.8 Å². The number of rotatable bonds is 4. The van der Waals surface area contributed by atoms with Gasteiger partial charge in [-0.1, -0.05) is 50.2 Å². The lowest BCUT2D eigenvalue weighted by molar-refractivity contribution is -0.384. The molecule has 0 aliphatic carbocycles. The van der Waals surface area contributed by atoms with Crippen LogP contribution in [0.15, 0.2) is 88.9 Å². The van der Waals surface area contributed by atoms with Crippen LogP contribution in [-0.4, -0.2) is 18.2 Å². The summed E-state index contributed by atoms with van der Waals surface area (Å²) in [5, 5.41) is 19.7. The van der Waals surface area contributed by atoms with E-state index >= 15 is 4.57 Å². The average molecular weight is 488 g/mol. The smallest absolute Gasteiger partial charge is 0.313 e. The van der Waals surface area contributed by atoms with E-state index in [1.807, 2.05) is 49.5 Å². The summed E-state index contributed by atoms with van der Waals surface area (Å²) in [5.74, 6) is 0. The monoisotopic (exact) mass is 487 g/mol. The van der Waals surface area contributed by atoms with Crippen LogP contribution in [0.25, 0.3) is 0 Å². The third-order valence-electron chi connectivity index (χ3n) is 6.67. The lowest BCUT2D eigenvalue weighted by atomic mass is 9.84. The van der Waals surface area contributed by atoms with Crippen molar-refractivity contribution in [1.82, 2.24) is 0 Å². The molecule has 3 aromatic rings. The molecule has 0 saturated carbocycles. The normalized spacial score (nSPS) is 22.4. The first-order valence-corrected chi connectivity index (χ1v) is 12.9. The molecule has 3 aromatic carbocycles. The standard InChI is InChI=1S/C26H26N5O3P/c1-18-16-20(31(32)33)14-15-22(18)28-35(34)24(17-27-30(35)19-10-6-5-7-11-19)25-26(2,3)21-12-8-9-13-23(21)29(25)4/h5-17H,1-4H3,(H,28,34)/b25-24-/t35-/m1/s1. The molecule has 0 spiro atoms. The SMILES string of the molecule is Cc1cc([N+](=O)[O-])ccc1N[P@]1(=O)/C(=C2\N(C)c3ccccc3C2(C)C)C=NN1c1ccccc1. The van der Waals surface area contributed by atoms with Gasteiger partial charge in [-0.25, -0.2) is 0 Å². The molecule has 0 aromatic heterocycles. The molecule has 2 aliphatic rings. The van der Waals surface area contributed by atoms with Gasteiger partial charge in [-0.2, -0.15) is 9.88 Å². The van der Waals surface area contributed by atoms with Crippen LogP contribution >= 0.6 is 7.44 Å². The highest BCUT2D eigenvalue weighted by molar-refractivity contribution is 7.72. The Labute approximate surface area is 204 Å². The lowest BCUT2D eigenvalue weighted by Crippen LogP contribution is -2.27. The molecule has 2 heterocycles. The molecule has 178 valence electrons. The van der Waals surface area contributed by atoms with Gasteiger partial charge in [0.15, 0.2) is 0 Å². The Morgan fingerprint density at radius 1 is 1.03 bits per heavy atom. The highest BCUT2D eigenvalue weighted by Gasteiger charge is 2.48. The topological polar surface area (TPSA) is 91.1 Å². The van der Waals surface area contributed by atoms with E-state index in [-0.39, 0.29) is 5.69 Å².